The van der Waals surface area contributed by atoms with Crippen LogP contribution in [0.25, 0.3) is 11.1 Å². The molecule has 0 bridgehead atoms. The molecule has 0 aliphatic carbocycles. The van der Waals surface area contributed by atoms with Crippen molar-refractivity contribution in [2.24, 2.45) is 0 Å². The van der Waals surface area contributed by atoms with Crippen molar-refractivity contribution in [3.8, 4) is 16.9 Å². The van der Waals surface area contributed by atoms with E-state index in [1.807, 2.05) is 54.6 Å². The van der Waals surface area contributed by atoms with Gasteiger partial charge < -0.3 is 4.74 Å². The fraction of sp³-hybridized carbons (Fsp3) is 0.211. The average Bonchev–Trinajstić information content (AvgIpc) is 3.13. The van der Waals surface area contributed by atoms with E-state index < -0.39 is 0 Å². The third kappa shape index (κ3) is 5.06. The van der Waals surface area contributed by atoms with Crippen LogP contribution in [0.2, 0.25) is 0 Å². The van der Waals surface area contributed by atoms with Gasteiger partial charge >= 0.3 is 0 Å². The Balaban J connectivity index is 1.59. The summed E-state index contributed by atoms with van der Waals surface area (Å²) >= 11 is 3.02. The minimum atomic E-state index is -0.254. The van der Waals surface area contributed by atoms with Crippen LogP contribution < -0.4 is 10.1 Å². The number of benzene rings is 2. The summed E-state index contributed by atoms with van der Waals surface area (Å²) in [6.45, 7) is 2.03. The normalized spacial score (nSPS) is 10.5. The van der Waals surface area contributed by atoms with Crippen molar-refractivity contribution >= 4 is 34.1 Å². The molecule has 0 saturated heterocycles. The largest absolute Gasteiger partial charge is 0.483 e. The quantitative estimate of drug-likeness (QED) is 0.449. The maximum absolute atomic E-state index is 12.2. The van der Waals surface area contributed by atoms with Gasteiger partial charge in [0, 0.05) is 11.3 Å². The summed E-state index contributed by atoms with van der Waals surface area (Å²) in [6, 6.07) is 17.6. The lowest BCUT2D eigenvalue weighted by Crippen LogP contribution is -2.20. The highest BCUT2D eigenvalue weighted by Gasteiger charge is 2.11. The van der Waals surface area contributed by atoms with Gasteiger partial charge in [-0.15, -0.1) is 10.2 Å². The van der Waals surface area contributed by atoms with Crippen LogP contribution in [0.3, 0.4) is 0 Å². The van der Waals surface area contributed by atoms with E-state index in [4.69, 9.17) is 4.74 Å². The predicted molar refractivity (Wildman–Crippen MR) is 107 cm³/mol. The smallest absolute Gasteiger partial charge is 0.264 e. The SMILES string of the molecule is CCCSc1nnc(NC(=O)COc2ccccc2-c2ccccc2)s1. The third-order valence-corrected chi connectivity index (χ3v) is 5.59. The standard InChI is InChI=1S/C19H19N3O2S2/c1-2-12-25-19-22-21-18(26-19)20-17(23)13-24-16-11-7-6-10-15(16)14-8-4-3-5-9-14/h3-11H,2,12-13H2,1H3,(H,20,21,23). The number of thioether (sulfide) groups is 1. The van der Waals surface area contributed by atoms with E-state index in [0.717, 1.165) is 27.6 Å². The zero-order valence-electron chi connectivity index (χ0n) is 14.3. The van der Waals surface area contributed by atoms with E-state index in [1.165, 1.54) is 11.3 Å². The zero-order valence-corrected chi connectivity index (χ0v) is 16.0. The Morgan fingerprint density at radius 1 is 1.12 bits per heavy atom. The summed E-state index contributed by atoms with van der Waals surface area (Å²) in [4.78, 5) is 12.2. The molecule has 1 aromatic heterocycles. The molecule has 0 atom stereocenters. The molecular formula is C19H19N3O2S2. The van der Waals surface area contributed by atoms with Crippen LogP contribution in [0, 0.1) is 0 Å². The van der Waals surface area contributed by atoms with E-state index in [9.17, 15) is 4.79 Å². The molecule has 0 spiro atoms. The summed E-state index contributed by atoms with van der Waals surface area (Å²) in [6.07, 6.45) is 1.07. The third-order valence-electron chi connectivity index (χ3n) is 3.41. The van der Waals surface area contributed by atoms with Gasteiger partial charge in [-0.05, 0) is 18.1 Å². The lowest BCUT2D eigenvalue weighted by Gasteiger charge is -2.11. The molecule has 1 N–H and O–H groups in total. The molecule has 0 radical (unpaired) electrons. The number of nitrogens with zero attached hydrogens (tertiary/aromatic N) is 2. The van der Waals surface area contributed by atoms with Crippen molar-refractivity contribution in [1.29, 1.82) is 0 Å². The number of rotatable bonds is 8. The lowest BCUT2D eigenvalue weighted by atomic mass is 10.1. The molecule has 26 heavy (non-hydrogen) atoms. The van der Waals surface area contributed by atoms with E-state index >= 15 is 0 Å². The lowest BCUT2D eigenvalue weighted by molar-refractivity contribution is -0.118. The van der Waals surface area contributed by atoms with Crippen LogP contribution in [0.5, 0.6) is 5.75 Å². The fourth-order valence-electron chi connectivity index (χ4n) is 2.26. The van der Waals surface area contributed by atoms with Crippen molar-refractivity contribution in [2.75, 3.05) is 17.7 Å². The second-order valence-corrected chi connectivity index (χ2v) is 7.74. The summed E-state index contributed by atoms with van der Waals surface area (Å²) in [5, 5.41) is 11.3. The average molecular weight is 386 g/mol. The Labute approximate surface area is 160 Å². The van der Waals surface area contributed by atoms with Crippen molar-refractivity contribution in [3.05, 3.63) is 54.6 Å². The maximum atomic E-state index is 12.2. The van der Waals surface area contributed by atoms with Gasteiger partial charge in [0.25, 0.3) is 5.91 Å². The van der Waals surface area contributed by atoms with E-state index in [0.29, 0.717) is 10.9 Å². The minimum Gasteiger partial charge on any atom is -0.483 e. The van der Waals surface area contributed by atoms with Crippen molar-refractivity contribution in [1.82, 2.24) is 10.2 Å². The molecule has 0 aliphatic rings. The van der Waals surface area contributed by atoms with Gasteiger partial charge in [0.15, 0.2) is 10.9 Å². The topological polar surface area (TPSA) is 64.1 Å². The van der Waals surface area contributed by atoms with E-state index in [-0.39, 0.29) is 12.5 Å². The van der Waals surface area contributed by atoms with Gasteiger partial charge in [-0.25, -0.2) is 0 Å². The van der Waals surface area contributed by atoms with Gasteiger partial charge in [0.05, 0.1) is 0 Å². The molecule has 0 fully saturated rings. The summed E-state index contributed by atoms with van der Waals surface area (Å²) in [7, 11) is 0. The Morgan fingerprint density at radius 2 is 1.88 bits per heavy atom. The van der Waals surface area contributed by atoms with Gasteiger partial charge in [-0.3, -0.25) is 10.1 Å². The fourth-order valence-corrected chi connectivity index (χ4v) is 3.95. The second-order valence-electron chi connectivity index (χ2n) is 5.42. The number of anilines is 1. The first-order valence-corrected chi connectivity index (χ1v) is 10.1. The van der Waals surface area contributed by atoms with Crippen LogP contribution in [0.4, 0.5) is 5.13 Å². The van der Waals surface area contributed by atoms with E-state index in [2.05, 4.69) is 22.4 Å². The first kappa shape index (κ1) is 18.4. The highest BCUT2D eigenvalue weighted by atomic mass is 32.2. The molecule has 1 amide bonds. The van der Waals surface area contributed by atoms with Crippen molar-refractivity contribution in [3.63, 3.8) is 0 Å². The number of aromatic nitrogens is 2. The number of amides is 1. The predicted octanol–water partition coefficient (Wildman–Crippen LogP) is 4.72. The molecule has 3 rings (SSSR count). The van der Waals surface area contributed by atoms with Crippen molar-refractivity contribution < 1.29 is 9.53 Å². The molecular weight excluding hydrogens is 366 g/mol. The summed E-state index contributed by atoms with van der Waals surface area (Å²) < 4.78 is 6.60. The van der Waals surface area contributed by atoms with Crippen LogP contribution in [0.1, 0.15) is 13.3 Å². The first-order chi connectivity index (χ1) is 12.8. The number of nitrogens with one attached hydrogen (secondary N) is 1. The van der Waals surface area contributed by atoms with Gasteiger partial charge in [0.1, 0.15) is 5.75 Å². The molecule has 134 valence electrons. The first-order valence-electron chi connectivity index (χ1n) is 8.29. The van der Waals surface area contributed by atoms with Gasteiger partial charge in [-0.1, -0.05) is 78.6 Å². The Morgan fingerprint density at radius 3 is 2.69 bits per heavy atom. The number of ether oxygens (including phenoxy) is 1. The van der Waals surface area contributed by atoms with E-state index in [1.54, 1.807) is 11.8 Å². The van der Waals surface area contributed by atoms with Gasteiger partial charge in [-0.2, -0.15) is 0 Å². The molecule has 0 saturated carbocycles. The van der Waals surface area contributed by atoms with Crippen molar-refractivity contribution in [2.45, 2.75) is 17.7 Å². The van der Waals surface area contributed by atoms with Crippen LogP contribution in [-0.2, 0) is 4.79 Å². The zero-order chi connectivity index (χ0) is 18.2. The van der Waals surface area contributed by atoms with Crippen LogP contribution >= 0.6 is 23.1 Å². The molecule has 0 unspecified atom stereocenters. The highest BCUT2D eigenvalue weighted by molar-refractivity contribution is 8.01. The Hall–Kier alpha value is -2.38. The molecule has 0 aliphatic heterocycles. The number of hydrogen-bond donors (Lipinski definition) is 1. The Kier molecular flexibility index (Phi) is 6.62. The Bertz CT molecular complexity index is 853. The highest BCUT2D eigenvalue weighted by Crippen LogP contribution is 2.29. The van der Waals surface area contributed by atoms with Gasteiger partial charge in [0.2, 0.25) is 5.13 Å². The molecule has 7 heteroatoms. The monoisotopic (exact) mass is 385 g/mol. The van der Waals surface area contributed by atoms with Crippen LogP contribution in [-0.4, -0.2) is 28.5 Å². The molecule has 1 heterocycles. The minimum absolute atomic E-state index is 0.0825. The summed E-state index contributed by atoms with van der Waals surface area (Å²) in [5.74, 6) is 1.41. The summed E-state index contributed by atoms with van der Waals surface area (Å²) in [5.41, 5.74) is 2.00. The molecule has 5 nitrogen and oxygen atoms in total. The number of carbonyl (C=O) groups is 1. The van der Waals surface area contributed by atoms with Crippen LogP contribution in [0.15, 0.2) is 58.9 Å². The molecule has 2 aromatic carbocycles. The number of para-hydroxylation sites is 1. The maximum Gasteiger partial charge on any atom is 0.264 e. The molecule has 3 aromatic rings. The second kappa shape index (κ2) is 9.35. The number of carbonyl (C=O) groups excluding carboxylic acids is 1. The number of hydrogen-bond acceptors (Lipinski definition) is 6.